The molecule has 5 nitrogen and oxygen atoms in total. The lowest BCUT2D eigenvalue weighted by Crippen LogP contribution is -2.46. The largest absolute Gasteiger partial charge is 0.478 e. The summed E-state index contributed by atoms with van der Waals surface area (Å²) in [6.07, 6.45) is 1.44. The Bertz CT molecular complexity index is 279. The molecule has 0 amide bonds. The van der Waals surface area contributed by atoms with Gasteiger partial charge in [-0.05, 0) is 13.5 Å². The van der Waals surface area contributed by atoms with Crippen molar-refractivity contribution >= 4 is 5.97 Å². The molecule has 1 atom stereocenters. The number of carboxylic acids is 1. The van der Waals surface area contributed by atoms with Crippen LogP contribution in [0.15, 0.2) is 11.6 Å². The summed E-state index contributed by atoms with van der Waals surface area (Å²) in [6, 6.07) is 0. The van der Waals surface area contributed by atoms with Crippen molar-refractivity contribution < 1.29 is 14.6 Å². The maximum Gasteiger partial charge on any atom is 0.328 e. The fourth-order valence-electron chi connectivity index (χ4n) is 1.88. The van der Waals surface area contributed by atoms with Crippen LogP contribution in [0.4, 0.5) is 0 Å². The van der Waals surface area contributed by atoms with Gasteiger partial charge in [-0.3, -0.25) is 4.90 Å². The first-order chi connectivity index (χ1) is 8.11. The smallest absolute Gasteiger partial charge is 0.328 e. The Kier molecular flexibility index (Phi) is 6.18. The Morgan fingerprint density at radius 2 is 2.41 bits per heavy atom. The fourth-order valence-corrected chi connectivity index (χ4v) is 1.88. The Morgan fingerprint density at radius 3 is 3.06 bits per heavy atom. The van der Waals surface area contributed by atoms with Crippen LogP contribution in [0, 0.1) is 0 Å². The zero-order chi connectivity index (χ0) is 12.7. The van der Waals surface area contributed by atoms with Crippen LogP contribution in [0.1, 0.15) is 13.8 Å². The third-order valence-corrected chi connectivity index (χ3v) is 2.82. The van der Waals surface area contributed by atoms with Crippen LogP contribution < -0.4 is 5.32 Å². The first kappa shape index (κ1) is 14.2. The molecule has 98 valence electrons. The minimum Gasteiger partial charge on any atom is -0.478 e. The monoisotopic (exact) mass is 242 g/mol. The van der Waals surface area contributed by atoms with Crippen molar-refractivity contribution in [1.82, 2.24) is 10.2 Å². The number of carbonyl (C=O) groups is 1. The molecule has 1 unspecified atom stereocenters. The lowest BCUT2D eigenvalue weighted by Gasteiger charge is -2.32. The van der Waals surface area contributed by atoms with Gasteiger partial charge in [0.25, 0.3) is 0 Å². The van der Waals surface area contributed by atoms with Gasteiger partial charge >= 0.3 is 5.97 Å². The summed E-state index contributed by atoms with van der Waals surface area (Å²) in [6.45, 7) is 9.11. The Labute approximate surface area is 102 Å². The summed E-state index contributed by atoms with van der Waals surface area (Å²) in [7, 11) is 0. The molecule has 1 aliphatic heterocycles. The van der Waals surface area contributed by atoms with Gasteiger partial charge in [0.05, 0.1) is 12.7 Å². The van der Waals surface area contributed by atoms with E-state index in [4.69, 9.17) is 9.84 Å². The number of carboxylic acid groups (broad SMARTS) is 1. The number of likely N-dealkylation sites (N-methyl/N-ethyl adjacent to an activating group) is 1. The van der Waals surface area contributed by atoms with Gasteiger partial charge in [-0.1, -0.05) is 12.5 Å². The molecule has 0 aromatic heterocycles. The van der Waals surface area contributed by atoms with Gasteiger partial charge in [0.15, 0.2) is 0 Å². The topological polar surface area (TPSA) is 61.8 Å². The Balaban J connectivity index is 2.20. The molecule has 1 aliphatic rings. The third-order valence-electron chi connectivity index (χ3n) is 2.82. The Hall–Kier alpha value is -0.910. The second kappa shape index (κ2) is 7.42. The van der Waals surface area contributed by atoms with E-state index in [1.54, 1.807) is 6.92 Å². The molecular weight excluding hydrogens is 220 g/mol. The summed E-state index contributed by atoms with van der Waals surface area (Å²) >= 11 is 0. The van der Waals surface area contributed by atoms with Gasteiger partial charge in [0.1, 0.15) is 0 Å². The average Bonchev–Trinajstić information content (AvgIpc) is 2.28. The van der Waals surface area contributed by atoms with Crippen molar-refractivity contribution in [3.8, 4) is 0 Å². The zero-order valence-corrected chi connectivity index (χ0v) is 10.6. The summed E-state index contributed by atoms with van der Waals surface area (Å²) in [5.41, 5.74) is 0.820. The summed E-state index contributed by atoms with van der Waals surface area (Å²) in [5, 5.41) is 11.8. The minimum absolute atomic E-state index is 0.210. The lowest BCUT2D eigenvalue weighted by atomic mass is 10.2. The number of aliphatic carboxylic acids is 1. The van der Waals surface area contributed by atoms with Gasteiger partial charge in [-0.25, -0.2) is 4.79 Å². The van der Waals surface area contributed by atoms with Crippen LogP contribution in [0.3, 0.4) is 0 Å². The lowest BCUT2D eigenvalue weighted by molar-refractivity contribution is -0.131. The molecule has 0 saturated carbocycles. The van der Waals surface area contributed by atoms with Crippen molar-refractivity contribution in [3.05, 3.63) is 11.6 Å². The maximum atomic E-state index is 10.4. The van der Waals surface area contributed by atoms with Crippen molar-refractivity contribution in [2.45, 2.75) is 20.0 Å². The predicted molar refractivity (Wildman–Crippen MR) is 66.1 cm³/mol. The number of hydrogen-bond acceptors (Lipinski definition) is 4. The van der Waals surface area contributed by atoms with Gasteiger partial charge in [0.2, 0.25) is 0 Å². The van der Waals surface area contributed by atoms with Gasteiger partial charge in [-0.15, -0.1) is 0 Å². The predicted octanol–water partition coefficient (Wildman–Crippen LogP) is 0.328. The molecule has 1 heterocycles. The van der Waals surface area contributed by atoms with Crippen LogP contribution in [0.5, 0.6) is 0 Å². The molecular formula is C12H22N2O3. The van der Waals surface area contributed by atoms with Crippen molar-refractivity contribution in [2.24, 2.45) is 0 Å². The Morgan fingerprint density at radius 1 is 1.65 bits per heavy atom. The number of morpholine rings is 1. The normalized spacial score (nSPS) is 22.7. The molecule has 0 bridgehead atoms. The van der Waals surface area contributed by atoms with E-state index in [0.29, 0.717) is 6.54 Å². The van der Waals surface area contributed by atoms with Gasteiger partial charge < -0.3 is 15.2 Å². The quantitative estimate of drug-likeness (QED) is 0.657. The molecule has 1 saturated heterocycles. The highest BCUT2D eigenvalue weighted by molar-refractivity contribution is 5.80. The molecule has 0 aliphatic carbocycles. The maximum absolute atomic E-state index is 10.4. The number of ether oxygens (including phenoxy) is 1. The van der Waals surface area contributed by atoms with E-state index in [1.807, 2.05) is 0 Å². The standard InChI is InChI=1S/C12H22N2O3/c1-3-14-4-5-17-11(9-14)8-13-7-10(2)6-12(15)16/h6,11,13H,3-5,7-9H2,1-2H3,(H,15,16). The summed E-state index contributed by atoms with van der Waals surface area (Å²) < 4.78 is 5.63. The average molecular weight is 242 g/mol. The summed E-state index contributed by atoms with van der Waals surface area (Å²) in [4.78, 5) is 12.8. The molecule has 0 aromatic carbocycles. The van der Waals surface area contributed by atoms with E-state index >= 15 is 0 Å². The highest BCUT2D eigenvalue weighted by Gasteiger charge is 2.18. The fraction of sp³-hybridized carbons (Fsp3) is 0.750. The van der Waals surface area contributed by atoms with Crippen molar-refractivity contribution in [1.29, 1.82) is 0 Å². The van der Waals surface area contributed by atoms with E-state index in [0.717, 1.165) is 38.4 Å². The zero-order valence-electron chi connectivity index (χ0n) is 10.6. The molecule has 5 heteroatoms. The number of nitrogens with zero attached hydrogens (tertiary/aromatic N) is 1. The van der Waals surface area contributed by atoms with Crippen LogP contribution in [-0.2, 0) is 9.53 Å². The molecule has 0 aromatic rings. The van der Waals surface area contributed by atoms with Crippen LogP contribution in [0.2, 0.25) is 0 Å². The third kappa shape index (κ3) is 5.81. The minimum atomic E-state index is -0.893. The summed E-state index contributed by atoms with van der Waals surface area (Å²) in [5.74, 6) is -0.893. The number of nitrogens with one attached hydrogen (secondary N) is 1. The SMILES string of the molecule is CCN1CCOC(CNCC(C)=CC(=O)O)C1. The molecule has 2 N–H and O–H groups in total. The van der Waals surface area contributed by atoms with Crippen molar-refractivity contribution in [3.63, 3.8) is 0 Å². The van der Waals surface area contributed by atoms with E-state index in [2.05, 4.69) is 17.1 Å². The highest BCUT2D eigenvalue weighted by Crippen LogP contribution is 2.03. The molecule has 1 fully saturated rings. The van der Waals surface area contributed by atoms with Gasteiger partial charge in [0, 0.05) is 32.3 Å². The number of rotatable bonds is 6. The van der Waals surface area contributed by atoms with Crippen LogP contribution >= 0.6 is 0 Å². The second-order valence-electron chi connectivity index (χ2n) is 4.35. The number of hydrogen-bond donors (Lipinski definition) is 2. The first-order valence-electron chi connectivity index (χ1n) is 6.06. The molecule has 17 heavy (non-hydrogen) atoms. The van der Waals surface area contributed by atoms with Gasteiger partial charge in [-0.2, -0.15) is 0 Å². The van der Waals surface area contributed by atoms with Crippen LogP contribution in [0.25, 0.3) is 0 Å². The highest BCUT2D eigenvalue weighted by atomic mass is 16.5. The van der Waals surface area contributed by atoms with E-state index < -0.39 is 5.97 Å². The van der Waals surface area contributed by atoms with E-state index in [1.165, 1.54) is 6.08 Å². The van der Waals surface area contributed by atoms with Crippen LogP contribution in [-0.4, -0.2) is 61.4 Å². The first-order valence-corrected chi connectivity index (χ1v) is 6.06. The molecule has 1 rings (SSSR count). The van der Waals surface area contributed by atoms with E-state index in [-0.39, 0.29) is 6.10 Å². The van der Waals surface area contributed by atoms with E-state index in [9.17, 15) is 4.79 Å². The second-order valence-corrected chi connectivity index (χ2v) is 4.35. The molecule has 0 radical (unpaired) electrons. The molecule has 0 spiro atoms. The van der Waals surface area contributed by atoms with Crippen molar-refractivity contribution in [2.75, 3.05) is 39.3 Å².